The van der Waals surface area contributed by atoms with Gasteiger partial charge in [0, 0.05) is 32.1 Å². The largest absolute Gasteiger partial charge is 0.491 e. The van der Waals surface area contributed by atoms with Gasteiger partial charge in [-0.1, -0.05) is 18.2 Å². The summed E-state index contributed by atoms with van der Waals surface area (Å²) in [7, 11) is 0. The first-order chi connectivity index (χ1) is 11.8. The molecule has 3 rings (SSSR count). The highest BCUT2D eigenvalue weighted by molar-refractivity contribution is 5.91. The Morgan fingerprint density at radius 1 is 1.32 bits per heavy atom. The Bertz CT molecular complexity index is 790. The zero-order valence-corrected chi connectivity index (χ0v) is 13.7. The van der Waals surface area contributed by atoms with Crippen molar-refractivity contribution in [1.82, 2.24) is 9.88 Å². The summed E-state index contributed by atoms with van der Waals surface area (Å²) in [5.41, 5.74) is 1.17. The summed E-state index contributed by atoms with van der Waals surface area (Å²) in [6, 6.07) is 9.57. The van der Waals surface area contributed by atoms with Gasteiger partial charge in [-0.3, -0.25) is 9.88 Å². The first-order valence-electron chi connectivity index (χ1n) is 7.89. The minimum atomic E-state index is -2.99. The monoisotopic (exact) mass is 348 g/mol. The van der Waals surface area contributed by atoms with Crippen LogP contribution in [0.15, 0.2) is 36.4 Å². The normalized spacial score (nSPS) is 15.2. The minimum absolute atomic E-state index is 0.130. The zero-order valence-electron chi connectivity index (χ0n) is 13.7. The molecule has 2 heterocycles. The van der Waals surface area contributed by atoms with E-state index in [-0.39, 0.29) is 11.3 Å². The Labute approximate surface area is 143 Å². The van der Waals surface area contributed by atoms with Gasteiger partial charge < -0.3 is 9.84 Å². The van der Waals surface area contributed by atoms with Gasteiger partial charge >= 0.3 is 5.97 Å². The van der Waals surface area contributed by atoms with Crippen LogP contribution in [0.5, 0.6) is 5.75 Å². The van der Waals surface area contributed by atoms with Crippen LogP contribution in [0.25, 0.3) is 0 Å². The molecule has 0 radical (unpaired) electrons. The van der Waals surface area contributed by atoms with E-state index in [0.29, 0.717) is 37.7 Å². The molecule has 0 unspecified atom stereocenters. The number of hydrogen-bond acceptors (Lipinski definition) is 4. The zero-order chi connectivity index (χ0) is 18.0. The molecule has 7 heteroatoms. The average molecular weight is 348 g/mol. The summed E-state index contributed by atoms with van der Waals surface area (Å²) in [6.07, 6.45) is 0. The summed E-state index contributed by atoms with van der Waals surface area (Å²) in [5, 5.41) is 9.27. The summed E-state index contributed by atoms with van der Waals surface area (Å²) in [6.45, 7) is 2.53. The molecular weight excluding hydrogens is 330 g/mol. The van der Waals surface area contributed by atoms with E-state index in [1.165, 1.54) is 12.1 Å². The number of carboxylic acids is 1. The van der Waals surface area contributed by atoms with Crippen LogP contribution in [0.4, 0.5) is 8.78 Å². The molecule has 0 fully saturated rings. The number of rotatable bonds is 4. The Morgan fingerprint density at radius 2 is 2.08 bits per heavy atom. The summed E-state index contributed by atoms with van der Waals surface area (Å²) >= 11 is 0. The third-order valence-corrected chi connectivity index (χ3v) is 4.02. The molecule has 2 aromatic rings. The first kappa shape index (κ1) is 17.3. The van der Waals surface area contributed by atoms with Gasteiger partial charge in [-0.05, 0) is 18.2 Å². The molecule has 0 aliphatic carbocycles. The van der Waals surface area contributed by atoms with Crippen LogP contribution in [0.1, 0.15) is 34.2 Å². The van der Waals surface area contributed by atoms with Crippen LogP contribution in [0.2, 0.25) is 0 Å². The number of ether oxygens (including phenoxy) is 1. The van der Waals surface area contributed by atoms with E-state index in [0.717, 1.165) is 12.5 Å². The van der Waals surface area contributed by atoms with Gasteiger partial charge in [0.25, 0.3) is 5.92 Å². The van der Waals surface area contributed by atoms with E-state index in [1.807, 2.05) is 11.0 Å². The van der Waals surface area contributed by atoms with E-state index in [1.54, 1.807) is 18.2 Å². The van der Waals surface area contributed by atoms with Crippen molar-refractivity contribution < 1.29 is 23.4 Å². The maximum atomic E-state index is 13.4. The van der Waals surface area contributed by atoms with Crippen molar-refractivity contribution in [2.45, 2.75) is 25.9 Å². The Kier molecular flexibility index (Phi) is 4.67. The first-order valence-corrected chi connectivity index (χ1v) is 7.89. The molecular formula is C18H18F2N2O3. The van der Waals surface area contributed by atoms with Crippen LogP contribution in [-0.4, -0.2) is 34.1 Å². The topological polar surface area (TPSA) is 62.7 Å². The number of carbonyl (C=O) groups is 1. The van der Waals surface area contributed by atoms with E-state index in [9.17, 15) is 18.7 Å². The van der Waals surface area contributed by atoms with Gasteiger partial charge in [-0.15, -0.1) is 0 Å². The SMILES string of the molecule is CC(F)(F)c1cccc(CN2CCOc3c(cccc3C(=O)O)C2)n1. The fraction of sp³-hybridized carbons (Fsp3) is 0.333. The standard InChI is InChI=1S/C18H18F2N2O3/c1-18(19,20)15-7-3-5-13(21-15)11-22-8-9-25-16-12(10-22)4-2-6-14(16)17(23)24/h2-7H,8-11H2,1H3,(H,23,24). The van der Waals surface area contributed by atoms with Crippen LogP contribution in [-0.2, 0) is 19.0 Å². The average Bonchev–Trinajstić information content (AvgIpc) is 2.75. The predicted octanol–water partition coefficient (Wildman–Crippen LogP) is 3.29. The van der Waals surface area contributed by atoms with Crippen LogP contribution < -0.4 is 4.74 Å². The maximum absolute atomic E-state index is 13.4. The van der Waals surface area contributed by atoms with Crippen LogP contribution in [0, 0.1) is 0 Å². The van der Waals surface area contributed by atoms with Crippen molar-refractivity contribution in [3.05, 3.63) is 58.9 Å². The fourth-order valence-electron chi connectivity index (χ4n) is 2.82. The second-order valence-corrected chi connectivity index (χ2v) is 6.06. The fourth-order valence-corrected chi connectivity index (χ4v) is 2.82. The maximum Gasteiger partial charge on any atom is 0.339 e. The highest BCUT2D eigenvalue weighted by Crippen LogP contribution is 2.29. The molecule has 0 amide bonds. The second kappa shape index (κ2) is 6.76. The molecule has 5 nitrogen and oxygen atoms in total. The summed E-state index contributed by atoms with van der Waals surface area (Å²) < 4.78 is 32.5. The lowest BCUT2D eigenvalue weighted by molar-refractivity contribution is 0.0124. The van der Waals surface area contributed by atoms with Gasteiger partial charge in [0.05, 0.1) is 5.69 Å². The Hall–Kier alpha value is -2.54. The molecule has 25 heavy (non-hydrogen) atoms. The molecule has 0 atom stereocenters. The van der Waals surface area contributed by atoms with Crippen molar-refractivity contribution in [3.63, 3.8) is 0 Å². The molecule has 0 bridgehead atoms. The van der Waals surface area contributed by atoms with Gasteiger partial charge in [-0.25, -0.2) is 4.79 Å². The number of pyridine rings is 1. The Morgan fingerprint density at radius 3 is 2.80 bits per heavy atom. The number of alkyl halides is 2. The van der Waals surface area contributed by atoms with Gasteiger partial charge in [0.2, 0.25) is 0 Å². The Balaban J connectivity index is 1.81. The van der Waals surface area contributed by atoms with Crippen molar-refractivity contribution in [3.8, 4) is 5.75 Å². The molecule has 0 spiro atoms. The lowest BCUT2D eigenvalue weighted by atomic mass is 10.1. The summed E-state index contributed by atoms with van der Waals surface area (Å²) in [4.78, 5) is 17.4. The van der Waals surface area contributed by atoms with E-state index < -0.39 is 11.9 Å². The quantitative estimate of drug-likeness (QED) is 0.919. The molecule has 1 aromatic heterocycles. The lowest BCUT2D eigenvalue weighted by Gasteiger charge is -2.19. The summed E-state index contributed by atoms with van der Waals surface area (Å²) in [5.74, 6) is -3.65. The number of aromatic carboxylic acids is 1. The van der Waals surface area contributed by atoms with Crippen molar-refractivity contribution in [2.75, 3.05) is 13.2 Å². The third-order valence-electron chi connectivity index (χ3n) is 4.02. The number of hydrogen-bond donors (Lipinski definition) is 1. The lowest BCUT2D eigenvalue weighted by Crippen LogP contribution is -2.26. The smallest absolute Gasteiger partial charge is 0.339 e. The van der Waals surface area contributed by atoms with Crippen LogP contribution >= 0.6 is 0 Å². The number of carboxylic acid groups (broad SMARTS) is 1. The minimum Gasteiger partial charge on any atom is -0.491 e. The number of para-hydroxylation sites is 1. The van der Waals surface area contributed by atoms with Gasteiger partial charge in [0.1, 0.15) is 23.6 Å². The van der Waals surface area contributed by atoms with E-state index in [4.69, 9.17) is 4.74 Å². The number of benzene rings is 1. The van der Waals surface area contributed by atoms with Crippen LogP contribution in [0.3, 0.4) is 0 Å². The molecule has 1 N–H and O–H groups in total. The highest BCUT2D eigenvalue weighted by atomic mass is 19.3. The van der Waals surface area contributed by atoms with E-state index in [2.05, 4.69) is 4.98 Å². The van der Waals surface area contributed by atoms with Gasteiger partial charge in [0.15, 0.2) is 0 Å². The third kappa shape index (κ3) is 3.93. The van der Waals surface area contributed by atoms with E-state index >= 15 is 0 Å². The predicted molar refractivity (Wildman–Crippen MR) is 86.8 cm³/mol. The molecule has 132 valence electrons. The molecule has 1 aromatic carbocycles. The molecule has 1 aliphatic rings. The molecule has 1 aliphatic heterocycles. The highest BCUT2D eigenvalue weighted by Gasteiger charge is 2.26. The number of aromatic nitrogens is 1. The van der Waals surface area contributed by atoms with Crippen molar-refractivity contribution >= 4 is 5.97 Å². The van der Waals surface area contributed by atoms with Crippen molar-refractivity contribution in [1.29, 1.82) is 0 Å². The van der Waals surface area contributed by atoms with Gasteiger partial charge in [-0.2, -0.15) is 8.78 Å². The number of fused-ring (bicyclic) bond motifs is 1. The second-order valence-electron chi connectivity index (χ2n) is 6.06. The molecule has 0 saturated heterocycles. The number of nitrogens with zero attached hydrogens (tertiary/aromatic N) is 2. The number of halogens is 2. The molecule has 0 saturated carbocycles. The van der Waals surface area contributed by atoms with Crippen molar-refractivity contribution in [2.24, 2.45) is 0 Å².